The smallest absolute Gasteiger partial charge is 0.242 e. The molecule has 1 N–H and O–H groups in total. The van der Waals surface area contributed by atoms with E-state index in [4.69, 9.17) is 0 Å². The Bertz CT molecular complexity index is 1060. The maximum atomic E-state index is 13.0. The van der Waals surface area contributed by atoms with Crippen molar-refractivity contribution in [2.45, 2.75) is 25.5 Å². The van der Waals surface area contributed by atoms with Crippen LogP contribution in [0.5, 0.6) is 0 Å². The van der Waals surface area contributed by atoms with Crippen molar-refractivity contribution in [1.29, 1.82) is 0 Å². The molecule has 0 aliphatic heterocycles. The van der Waals surface area contributed by atoms with Gasteiger partial charge in [-0.25, -0.2) is 8.42 Å². The number of hydrogen-bond acceptors (Lipinski definition) is 3. The van der Waals surface area contributed by atoms with E-state index in [0.717, 1.165) is 12.0 Å². The molecule has 3 rings (SSSR count). The Morgan fingerprint density at radius 3 is 2.36 bits per heavy atom. The first-order valence-corrected chi connectivity index (χ1v) is 10.7. The minimum Gasteiger partial charge on any atom is -0.348 e. The van der Waals surface area contributed by atoms with Crippen molar-refractivity contribution in [3.8, 4) is 0 Å². The molecular weight excluding hydrogens is 372 g/mol. The van der Waals surface area contributed by atoms with Crippen LogP contribution in [0.1, 0.15) is 46.1 Å². The molecule has 3 aromatic rings. The van der Waals surface area contributed by atoms with Crippen LogP contribution >= 0.6 is 0 Å². The predicted octanol–water partition coefficient (Wildman–Crippen LogP) is 4.34. The number of hydrogen-bond donors (Lipinski definition) is 1. The quantitative estimate of drug-likeness (QED) is 0.604. The van der Waals surface area contributed by atoms with Gasteiger partial charge in [0.25, 0.3) is 0 Å². The summed E-state index contributed by atoms with van der Waals surface area (Å²) in [5.41, 5.74) is 2.81. The van der Waals surface area contributed by atoms with Gasteiger partial charge in [0.15, 0.2) is 5.78 Å². The number of nitrogens with one attached hydrogen (secondary N) is 1. The molecule has 6 heteroatoms. The third-order valence-electron chi connectivity index (χ3n) is 4.99. The number of H-pyrrole nitrogens is 1. The van der Waals surface area contributed by atoms with Gasteiger partial charge in [0.1, 0.15) is 11.1 Å². The molecular formula is C22H24N2O3S. The lowest BCUT2D eigenvalue weighted by Gasteiger charge is -2.23. The Morgan fingerprint density at radius 1 is 1.04 bits per heavy atom. The molecule has 2 aromatic carbocycles. The van der Waals surface area contributed by atoms with Crippen molar-refractivity contribution < 1.29 is 13.2 Å². The van der Waals surface area contributed by atoms with E-state index in [1.807, 2.05) is 24.3 Å². The molecule has 0 saturated carbocycles. The molecule has 1 unspecified atom stereocenters. The first-order chi connectivity index (χ1) is 13.3. The fraction of sp³-hybridized carbons (Fsp3) is 0.227. The van der Waals surface area contributed by atoms with E-state index in [-0.39, 0.29) is 5.78 Å². The second-order valence-corrected chi connectivity index (χ2v) is 9.00. The normalized spacial score (nSPS) is 12.5. The van der Waals surface area contributed by atoms with Gasteiger partial charge in [-0.3, -0.25) is 9.10 Å². The highest BCUT2D eigenvalue weighted by Gasteiger charge is 2.28. The summed E-state index contributed by atoms with van der Waals surface area (Å²) in [5, 5.41) is -0.795. The number of nitrogens with zero attached hydrogens (tertiary/aromatic N) is 1. The van der Waals surface area contributed by atoms with Gasteiger partial charge in [-0.05, 0) is 42.7 Å². The molecule has 0 saturated heterocycles. The van der Waals surface area contributed by atoms with Gasteiger partial charge in [0, 0.05) is 24.4 Å². The van der Waals surface area contributed by atoms with E-state index in [0.29, 0.717) is 22.5 Å². The van der Waals surface area contributed by atoms with Crippen LogP contribution in [0.3, 0.4) is 0 Å². The number of carbonyl (C=O) groups excluding carboxylic acids is 1. The maximum Gasteiger partial charge on any atom is 0.242 e. The number of aryl methyl sites for hydroxylation is 1. The monoisotopic (exact) mass is 396 g/mol. The standard InChI is InChI=1S/C22H24N2O3S/c1-4-17-10-12-18(13-11-17)22(25)20-8-5-7-19(15-20)16(2)28(26,27)24(3)21-9-6-14-23-21/h5-16,23H,4H2,1-3H3. The van der Waals surface area contributed by atoms with Gasteiger partial charge < -0.3 is 4.98 Å². The number of ketones is 1. The number of benzene rings is 2. The van der Waals surface area contributed by atoms with Gasteiger partial charge in [0.05, 0.1) is 0 Å². The van der Waals surface area contributed by atoms with E-state index in [1.165, 1.54) is 11.4 Å². The van der Waals surface area contributed by atoms with Gasteiger partial charge in [0.2, 0.25) is 10.0 Å². The Hall–Kier alpha value is -2.86. The van der Waals surface area contributed by atoms with Gasteiger partial charge in [-0.2, -0.15) is 0 Å². The van der Waals surface area contributed by atoms with Crippen molar-refractivity contribution in [2.24, 2.45) is 0 Å². The summed E-state index contributed by atoms with van der Waals surface area (Å²) in [5.74, 6) is 0.377. The second kappa shape index (κ2) is 8.02. The molecule has 1 aromatic heterocycles. The zero-order valence-electron chi connectivity index (χ0n) is 16.2. The number of aromatic nitrogens is 1. The zero-order valence-corrected chi connectivity index (χ0v) is 17.0. The average molecular weight is 397 g/mol. The third kappa shape index (κ3) is 3.87. The van der Waals surface area contributed by atoms with E-state index in [2.05, 4.69) is 11.9 Å². The number of rotatable bonds is 7. The minimum atomic E-state index is -3.64. The summed E-state index contributed by atoms with van der Waals surface area (Å²) in [6, 6.07) is 17.8. The predicted molar refractivity (Wildman–Crippen MR) is 112 cm³/mol. The van der Waals surface area contributed by atoms with Crippen LogP contribution in [0.2, 0.25) is 0 Å². The molecule has 0 aliphatic rings. The van der Waals surface area contributed by atoms with Crippen molar-refractivity contribution in [3.63, 3.8) is 0 Å². The van der Waals surface area contributed by atoms with Crippen molar-refractivity contribution in [3.05, 3.63) is 89.1 Å². The lowest BCUT2D eigenvalue weighted by Crippen LogP contribution is -2.30. The van der Waals surface area contributed by atoms with Gasteiger partial charge >= 0.3 is 0 Å². The van der Waals surface area contributed by atoms with Crippen LogP contribution in [0.4, 0.5) is 5.82 Å². The van der Waals surface area contributed by atoms with Crippen LogP contribution < -0.4 is 4.31 Å². The SMILES string of the molecule is CCc1ccc(C(=O)c2cccc(C(C)S(=O)(=O)N(C)c3ccc[nH]3)c2)cc1. The molecule has 0 amide bonds. The van der Waals surface area contributed by atoms with Crippen molar-refractivity contribution in [1.82, 2.24) is 4.98 Å². The average Bonchev–Trinajstić information content (AvgIpc) is 3.27. The molecule has 0 bridgehead atoms. The summed E-state index contributed by atoms with van der Waals surface area (Å²) in [6.45, 7) is 3.70. The van der Waals surface area contributed by atoms with E-state index in [1.54, 1.807) is 49.5 Å². The highest BCUT2D eigenvalue weighted by molar-refractivity contribution is 7.93. The van der Waals surface area contributed by atoms with Crippen LogP contribution in [0.25, 0.3) is 0 Å². The Labute approximate surface area is 166 Å². The molecule has 0 fully saturated rings. The van der Waals surface area contributed by atoms with E-state index < -0.39 is 15.3 Å². The number of carbonyl (C=O) groups is 1. The van der Waals surface area contributed by atoms with Gasteiger partial charge in [-0.1, -0.05) is 49.4 Å². The van der Waals surface area contributed by atoms with Crippen molar-refractivity contribution >= 4 is 21.6 Å². The van der Waals surface area contributed by atoms with E-state index >= 15 is 0 Å². The maximum absolute atomic E-state index is 13.0. The number of anilines is 1. The molecule has 0 aliphatic carbocycles. The minimum absolute atomic E-state index is 0.119. The molecule has 1 atom stereocenters. The molecule has 28 heavy (non-hydrogen) atoms. The Kier molecular flexibility index (Phi) is 5.70. The van der Waals surface area contributed by atoms with Crippen LogP contribution in [-0.2, 0) is 16.4 Å². The number of aromatic amines is 1. The topological polar surface area (TPSA) is 70.2 Å². The zero-order chi connectivity index (χ0) is 20.3. The lowest BCUT2D eigenvalue weighted by atomic mass is 9.99. The largest absolute Gasteiger partial charge is 0.348 e. The molecule has 1 heterocycles. The third-order valence-corrected chi connectivity index (χ3v) is 7.12. The Balaban J connectivity index is 1.88. The fourth-order valence-corrected chi connectivity index (χ4v) is 4.41. The van der Waals surface area contributed by atoms with Crippen LogP contribution in [0.15, 0.2) is 66.9 Å². The van der Waals surface area contributed by atoms with Crippen LogP contribution in [-0.4, -0.2) is 26.2 Å². The molecule has 146 valence electrons. The van der Waals surface area contributed by atoms with E-state index in [9.17, 15) is 13.2 Å². The second-order valence-electron chi connectivity index (χ2n) is 6.72. The lowest BCUT2D eigenvalue weighted by molar-refractivity contribution is 0.103. The highest BCUT2D eigenvalue weighted by Crippen LogP contribution is 2.28. The highest BCUT2D eigenvalue weighted by atomic mass is 32.2. The van der Waals surface area contributed by atoms with Crippen LogP contribution in [0, 0.1) is 0 Å². The Morgan fingerprint density at radius 2 is 1.75 bits per heavy atom. The first-order valence-electron chi connectivity index (χ1n) is 9.19. The fourth-order valence-electron chi connectivity index (χ4n) is 3.05. The summed E-state index contributed by atoms with van der Waals surface area (Å²) in [7, 11) is -2.12. The first kappa shape index (κ1) is 19.9. The van der Waals surface area contributed by atoms with Crippen molar-refractivity contribution in [2.75, 3.05) is 11.4 Å². The number of sulfonamides is 1. The molecule has 0 radical (unpaired) electrons. The molecule has 5 nitrogen and oxygen atoms in total. The summed E-state index contributed by atoms with van der Waals surface area (Å²) in [6.07, 6.45) is 2.59. The molecule has 0 spiro atoms. The van der Waals surface area contributed by atoms with Gasteiger partial charge in [-0.15, -0.1) is 0 Å². The summed E-state index contributed by atoms with van der Waals surface area (Å²) >= 11 is 0. The summed E-state index contributed by atoms with van der Waals surface area (Å²) < 4.78 is 27.2. The summed E-state index contributed by atoms with van der Waals surface area (Å²) in [4.78, 5) is 15.7.